The maximum absolute atomic E-state index is 12.9. The Morgan fingerprint density at radius 1 is 1.03 bits per heavy atom. The lowest BCUT2D eigenvalue weighted by molar-refractivity contribution is -0.191. The first kappa shape index (κ1) is 24.0. The molecule has 0 N–H and O–H groups in total. The number of carbonyl (C=O) groups excluding carboxylic acids is 2. The van der Waals surface area contributed by atoms with Crippen LogP contribution in [-0.4, -0.2) is 25.7 Å². The van der Waals surface area contributed by atoms with Crippen molar-refractivity contribution in [2.75, 3.05) is 0 Å². The summed E-state index contributed by atoms with van der Waals surface area (Å²) >= 11 is 0. The van der Waals surface area contributed by atoms with Gasteiger partial charge < -0.3 is 9.16 Å². The average Bonchev–Trinajstić information content (AvgIpc) is 2.95. The Bertz CT molecular complexity index is 828. The lowest BCUT2D eigenvalue weighted by atomic mass is 9.43. The highest BCUT2D eigenvalue weighted by atomic mass is 28.4. The van der Waals surface area contributed by atoms with Crippen molar-refractivity contribution in [3.05, 3.63) is 11.8 Å². The predicted molar refractivity (Wildman–Crippen MR) is 129 cm³/mol. The van der Waals surface area contributed by atoms with E-state index < -0.39 is 13.9 Å². The molecule has 0 amide bonds. The number of ketones is 1. The van der Waals surface area contributed by atoms with E-state index in [9.17, 15) is 9.59 Å². The van der Waals surface area contributed by atoms with Gasteiger partial charge in [0.15, 0.2) is 11.4 Å². The molecule has 4 rings (SSSR count). The molecule has 8 atom stereocenters. The minimum absolute atomic E-state index is 0.0397. The topological polar surface area (TPSA) is 52.6 Å². The molecule has 4 aliphatic carbocycles. The molecular formula is C27H44O4Si. The van der Waals surface area contributed by atoms with Gasteiger partial charge in [-0.15, -0.1) is 0 Å². The average molecular weight is 461 g/mol. The Hall–Kier alpha value is -1.10. The second kappa shape index (κ2) is 7.71. The Morgan fingerprint density at radius 3 is 2.28 bits per heavy atom. The zero-order chi connectivity index (χ0) is 23.7. The number of carbonyl (C=O) groups is 2. The molecule has 0 saturated heterocycles. The second-order valence-corrected chi connectivity index (χ2v) is 17.4. The van der Waals surface area contributed by atoms with Crippen molar-refractivity contribution in [2.24, 2.45) is 40.4 Å². The molecule has 0 aliphatic heterocycles. The van der Waals surface area contributed by atoms with Crippen LogP contribution in [0.2, 0.25) is 19.6 Å². The first-order valence-corrected chi connectivity index (χ1v) is 16.2. The van der Waals surface area contributed by atoms with Gasteiger partial charge in [0.05, 0.1) is 5.76 Å². The quantitative estimate of drug-likeness (QED) is 0.354. The summed E-state index contributed by atoms with van der Waals surface area (Å²) in [5.41, 5.74) is -0.885. The Balaban J connectivity index is 1.65. The van der Waals surface area contributed by atoms with Crippen LogP contribution in [0, 0.1) is 40.4 Å². The van der Waals surface area contributed by atoms with E-state index >= 15 is 0 Å². The van der Waals surface area contributed by atoms with Crippen molar-refractivity contribution in [1.82, 2.24) is 0 Å². The molecule has 0 spiro atoms. The number of rotatable bonds is 4. The lowest BCUT2D eigenvalue weighted by Gasteiger charge is -2.62. The summed E-state index contributed by atoms with van der Waals surface area (Å²) in [6.07, 6.45) is 9.76. The molecule has 0 radical (unpaired) electrons. The third-order valence-electron chi connectivity index (χ3n) is 10.0. The number of allylic oxidation sites excluding steroid dienone is 2. The molecule has 32 heavy (non-hydrogen) atoms. The highest BCUT2D eigenvalue weighted by molar-refractivity contribution is 6.70. The predicted octanol–water partition coefficient (Wildman–Crippen LogP) is 6.51. The fourth-order valence-electron chi connectivity index (χ4n) is 8.83. The number of hydrogen-bond donors (Lipinski definition) is 0. The summed E-state index contributed by atoms with van der Waals surface area (Å²) in [4.78, 5) is 25.0. The fraction of sp³-hybridized carbons (Fsp3) is 0.852. The summed E-state index contributed by atoms with van der Waals surface area (Å²) in [7, 11) is -1.59. The molecular weight excluding hydrogens is 416 g/mol. The van der Waals surface area contributed by atoms with Gasteiger partial charge in [-0.05, 0) is 106 Å². The Kier molecular flexibility index (Phi) is 5.79. The summed E-state index contributed by atoms with van der Waals surface area (Å²) in [6.45, 7) is 17.1. The molecule has 1 unspecified atom stereocenters. The minimum Gasteiger partial charge on any atom is -0.548 e. The fourth-order valence-corrected chi connectivity index (χ4v) is 9.79. The molecule has 0 bridgehead atoms. The van der Waals surface area contributed by atoms with Gasteiger partial charge in [-0.3, -0.25) is 9.59 Å². The van der Waals surface area contributed by atoms with Crippen LogP contribution in [0.5, 0.6) is 0 Å². The van der Waals surface area contributed by atoms with Crippen LogP contribution in [0.3, 0.4) is 0 Å². The normalized spacial score (nSPS) is 45.8. The van der Waals surface area contributed by atoms with E-state index in [1.807, 2.05) is 0 Å². The van der Waals surface area contributed by atoms with Crippen molar-refractivity contribution >= 4 is 20.1 Å². The molecule has 4 nitrogen and oxygen atoms in total. The number of esters is 1. The maximum Gasteiger partial charge on any atom is 0.303 e. The highest BCUT2D eigenvalue weighted by Gasteiger charge is 2.68. The van der Waals surface area contributed by atoms with E-state index in [0.717, 1.165) is 25.7 Å². The maximum atomic E-state index is 12.9. The Labute approximate surface area is 196 Å². The molecule has 0 aromatic rings. The SMILES string of the molecule is CC(=O)O[C@@]1(C(C)=O)CC[C@H]2[C@@H]3C[C@H](C)C4C=C(O[Si](C)(C)C)CC[C@]4(C)[C@H]3CC[C@@]21C. The molecule has 0 aromatic carbocycles. The summed E-state index contributed by atoms with van der Waals surface area (Å²) in [5.74, 6) is 3.86. The largest absolute Gasteiger partial charge is 0.548 e. The lowest BCUT2D eigenvalue weighted by Crippen LogP contribution is -2.60. The minimum atomic E-state index is -1.59. The van der Waals surface area contributed by atoms with Crippen LogP contribution in [-0.2, 0) is 18.8 Å². The van der Waals surface area contributed by atoms with Crippen molar-refractivity contribution < 1.29 is 18.8 Å². The van der Waals surface area contributed by atoms with Crippen LogP contribution in [0.15, 0.2) is 11.8 Å². The molecule has 4 aliphatic rings. The third kappa shape index (κ3) is 3.52. The van der Waals surface area contributed by atoms with Crippen LogP contribution < -0.4 is 0 Å². The Morgan fingerprint density at radius 2 is 1.69 bits per heavy atom. The van der Waals surface area contributed by atoms with E-state index in [1.165, 1.54) is 25.5 Å². The van der Waals surface area contributed by atoms with Crippen molar-refractivity contribution in [1.29, 1.82) is 0 Å². The zero-order valence-corrected chi connectivity index (χ0v) is 22.5. The van der Waals surface area contributed by atoms with Gasteiger partial charge in [0.2, 0.25) is 8.32 Å². The van der Waals surface area contributed by atoms with Gasteiger partial charge in [-0.2, -0.15) is 0 Å². The summed E-state index contributed by atoms with van der Waals surface area (Å²) < 4.78 is 12.4. The van der Waals surface area contributed by atoms with Crippen molar-refractivity contribution in [3.63, 3.8) is 0 Å². The van der Waals surface area contributed by atoms with Gasteiger partial charge in [-0.25, -0.2) is 0 Å². The number of fused-ring (bicyclic) bond motifs is 5. The molecule has 3 saturated carbocycles. The summed E-state index contributed by atoms with van der Waals surface area (Å²) in [6, 6.07) is 0. The highest BCUT2D eigenvalue weighted by Crippen LogP contribution is 2.69. The van der Waals surface area contributed by atoms with Crippen LogP contribution in [0.1, 0.15) is 79.6 Å². The van der Waals surface area contributed by atoms with Crippen LogP contribution in [0.25, 0.3) is 0 Å². The van der Waals surface area contributed by atoms with E-state index in [1.54, 1.807) is 6.92 Å². The molecule has 180 valence electrons. The first-order valence-electron chi connectivity index (χ1n) is 12.8. The first-order chi connectivity index (χ1) is 14.7. The second-order valence-electron chi connectivity index (χ2n) is 12.9. The third-order valence-corrected chi connectivity index (χ3v) is 10.9. The van der Waals surface area contributed by atoms with E-state index in [-0.39, 0.29) is 17.2 Å². The smallest absolute Gasteiger partial charge is 0.303 e. The van der Waals surface area contributed by atoms with Crippen LogP contribution >= 0.6 is 0 Å². The number of ether oxygens (including phenoxy) is 1. The zero-order valence-electron chi connectivity index (χ0n) is 21.5. The van der Waals surface area contributed by atoms with E-state index in [4.69, 9.17) is 9.16 Å². The van der Waals surface area contributed by atoms with Crippen LogP contribution in [0.4, 0.5) is 0 Å². The molecule has 0 heterocycles. The standard InChI is InChI=1S/C27H44O4Si/c1-17-15-21-22(25(4)12-9-20(16-24(17)25)31-32(6,7)8)10-13-26(5)23(21)11-14-27(26,18(2)28)30-19(3)29/h16-17,21-24H,9-15H2,1-8H3/t17-,21+,22-,23-,24?,25+,26-,27+/m0/s1. The summed E-state index contributed by atoms with van der Waals surface area (Å²) in [5, 5.41) is 0. The van der Waals surface area contributed by atoms with Gasteiger partial charge in [0.1, 0.15) is 0 Å². The van der Waals surface area contributed by atoms with Gasteiger partial charge >= 0.3 is 5.97 Å². The monoisotopic (exact) mass is 460 g/mol. The van der Waals surface area contributed by atoms with Gasteiger partial charge in [0, 0.05) is 18.8 Å². The van der Waals surface area contributed by atoms with E-state index in [2.05, 4.69) is 46.5 Å². The molecule has 0 aromatic heterocycles. The number of Topliss-reactive ketones (excluding diaryl/α,β-unsaturated/α-hetero) is 1. The van der Waals surface area contributed by atoms with Gasteiger partial charge in [-0.1, -0.05) is 20.8 Å². The van der Waals surface area contributed by atoms with E-state index in [0.29, 0.717) is 41.4 Å². The van der Waals surface area contributed by atoms with Crippen molar-refractivity contribution in [3.8, 4) is 0 Å². The molecule has 3 fully saturated rings. The van der Waals surface area contributed by atoms with Crippen molar-refractivity contribution in [2.45, 2.75) is 105 Å². The van der Waals surface area contributed by atoms with Gasteiger partial charge in [0.25, 0.3) is 0 Å². The molecule has 5 heteroatoms. The number of hydrogen-bond acceptors (Lipinski definition) is 4.